The van der Waals surface area contributed by atoms with Crippen LogP contribution in [0.4, 0.5) is 0 Å². The summed E-state index contributed by atoms with van der Waals surface area (Å²) in [5.41, 5.74) is 4.69. The van der Waals surface area contributed by atoms with E-state index in [0.29, 0.717) is 6.04 Å². The second-order valence-electron chi connectivity index (χ2n) is 6.00. The average Bonchev–Trinajstić information content (AvgIpc) is 3.24. The summed E-state index contributed by atoms with van der Waals surface area (Å²) in [6, 6.07) is 10.3. The summed E-state index contributed by atoms with van der Waals surface area (Å²) in [7, 11) is 0. The number of fused-ring (bicyclic) bond motifs is 1. The first kappa shape index (κ1) is 14.5. The normalized spacial score (nSPS) is 14.2. The summed E-state index contributed by atoms with van der Waals surface area (Å²) in [5.74, 6) is 0.0254. The van der Waals surface area contributed by atoms with E-state index in [0.717, 1.165) is 45.3 Å². The van der Waals surface area contributed by atoms with Crippen molar-refractivity contribution in [3.05, 3.63) is 58.3 Å². The summed E-state index contributed by atoms with van der Waals surface area (Å²) < 4.78 is 3.05. The van der Waals surface area contributed by atoms with Crippen molar-refractivity contribution in [3.8, 4) is 11.3 Å². The van der Waals surface area contributed by atoms with Gasteiger partial charge in [0.15, 0.2) is 0 Å². The second kappa shape index (κ2) is 5.49. The Labute approximate surface area is 142 Å². The molecule has 2 heterocycles. The topological polar surface area (TPSA) is 46.4 Å². The first-order valence-corrected chi connectivity index (χ1v) is 8.45. The van der Waals surface area contributed by atoms with Crippen molar-refractivity contribution < 1.29 is 4.79 Å². The summed E-state index contributed by atoms with van der Waals surface area (Å²) in [6.07, 6.45) is 6.06. The van der Waals surface area contributed by atoms with E-state index in [2.05, 4.69) is 26.2 Å². The van der Waals surface area contributed by atoms with Crippen molar-refractivity contribution in [2.45, 2.75) is 25.8 Å². The molecule has 1 saturated carbocycles. The minimum absolute atomic E-state index is 0.0254. The van der Waals surface area contributed by atoms with E-state index in [-0.39, 0.29) is 5.91 Å². The molecule has 1 aliphatic rings. The van der Waals surface area contributed by atoms with Crippen molar-refractivity contribution in [2.75, 3.05) is 0 Å². The largest absolute Gasteiger partial charge is 0.349 e. The highest BCUT2D eigenvalue weighted by Crippen LogP contribution is 2.26. The number of hydrogen-bond donors (Lipinski definition) is 1. The Kier molecular flexibility index (Phi) is 3.45. The number of nitrogens with zero attached hydrogens (tertiary/aromatic N) is 2. The molecule has 0 atom stereocenters. The third-order valence-corrected chi connectivity index (χ3v) is 4.62. The average molecular weight is 370 g/mol. The van der Waals surface area contributed by atoms with Crippen LogP contribution in [0.3, 0.4) is 0 Å². The zero-order valence-electron chi connectivity index (χ0n) is 12.7. The van der Waals surface area contributed by atoms with E-state index in [1.165, 1.54) is 0 Å². The maximum atomic E-state index is 12.2. The van der Waals surface area contributed by atoms with Crippen molar-refractivity contribution in [1.82, 2.24) is 14.7 Å². The molecular formula is C18H16BrN3O. The smallest absolute Gasteiger partial charge is 0.251 e. The third-order valence-electron chi connectivity index (χ3n) is 4.15. The van der Waals surface area contributed by atoms with Crippen LogP contribution < -0.4 is 5.32 Å². The van der Waals surface area contributed by atoms with Crippen molar-refractivity contribution >= 4 is 27.5 Å². The van der Waals surface area contributed by atoms with Crippen molar-refractivity contribution in [3.63, 3.8) is 0 Å². The monoisotopic (exact) mass is 369 g/mol. The fraction of sp³-hybridized carbons (Fsp3) is 0.222. The van der Waals surface area contributed by atoms with Gasteiger partial charge in [-0.2, -0.15) is 0 Å². The molecule has 4 rings (SSSR count). The third kappa shape index (κ3) is 2.77. The number of imidazole rings is 1. The Balaban J connectivity index is 1.72. The summed E-state index contributed by atoms with van der Waals surface area (Å²) in [6.45, 7) is 1.98. The molecule has 0 aliphatic heterocycles. The Hall–Kier alpha value is -2.14. The van der Waals surface area contributed by atoms with Crippen molar-refractivity contribution in [2.24, 2.45) is 0 Å². The number of nitrogens with one attached hydrogen (secondary N) is 1. The number of aromatic nitrogens is 2. The van der Waals surface area contributed by atoms with Gasteiger partial charge in [0.05, 0.1) is 11.9 Å². The first-order chi connectivity index (χ1) is 11.1. The van der Waals surface area contributed by atoms with Gasteiger partial charge in [0, 0.05) is 27.8 Å². The van der Waals surface area contributed by atoms with Gasteiger partial charge in [-0.25, -0.2) is 4.98 Å². The molecular weight excluding hydrogens is 354 g/mol. The van der Waals surface area contributed by atoms with Gasteiger partial charge in [0.2, 0.25) is 0 Å². The van der Waals surface area contributed by atoms with Crippen LogP contribution in [-0.2, 0) is 0 Å². The Morgan fingerprint density at radius 2 is 2.13 bits per heavy atom. The fourth-order valence-corrected chi connectivity index (χ4v) is 3.07. The minimum Gasteiger partial charge on any atom is -0.349 e. The minimum atomic E-state index is 0.0254. The Morgan fingerprint density at radius 3 is 2.87 bits per heavy atom. The number of carbonyl (C=O) groups excluding carboxylic acids is 1. The Morgan fingerprint density at radius 1 is 1.30 bits per heavy atom. The lowest BCUT2D eigenvalue weighted by Gasteiger charge is -2.09. The molecule has 2 aromatic heterocycles. The molecule has 5 heteroatoms. The molecule has 0 saturated heterocycles. The number of aryl methyl sites for hydroxylation is 1. The number of halogens is 1. The first-order valence-electron chi connectivity index (χ1n) is 7.66. The second-order valence-corrected chi connectivity index (χ2v) is 6.91. The van der Waals surface area contributed by atoms with Gasteiger partial charge in [0.1, 0.15) is 5.65 Å². The molecule has 23 heavy (non-hydrogen) atoms. The molecule has 1 fully saturated rings. The van der Waals surface area contributed by atoms with Crippen LogP contribution in [0.15, 0.2) is 47.2 Å². The van der Waals surface area contributed by atoms with E-state index < -0.39 is 0 Å². The van der Waals surface area contributed by atoms with Crippen LogP contribution >= 0.6 is 15.9 Å². The zero-order chi connectivity index (χ0) is 16.0. The molecule has 1 amide bonds. The Bertz CT molecular complexity index is 912. The van der Waals surface area contributed by atoms with E-state index >= 15 is 0 Å². The number of carbonyl (C=O) groups is 1. The lowest BCUT2D eigenvalue weighted by atomic mass is 10.0. The molecule has 1 aliphatic carbocycles. The van der Waals surface area contributed by atoms with Gasteiger partial charge >= 0.3 is 0 Å². The lowest BCUT2D eigenvalue weighted by Crippen LogP contribution is -2.26. The van der Waals surface area contributed by atoms with Crippen LogP contribution in [-0.4, -0.2) is 21.3 Å². The van der Waals surface area contributed by atoms with Gasteiger partial charge in [-0.3, -0.25) is 9.20 Å². The van der Waals surface area contributed by atoms with Crippen LogP contribution in [0.1, 0.15) is 28.8 Å². The highest BCUT2D eigenvalue weighted by Gasteiger charge is 2.24. The van der Waals surface area contributed by atoms with Crippen LogP contribution in [0, 0.1) is 6.92 Å². The predicted molar refractivity (Wildman–Crippen MR) is 93.6 cm³/mol. The molecule has 3 aromatic rings. The lowest BCUT2D eigenvalue weighted by molar-refractivity contribution is 0.0950. The van der Waals surface area contributed by atoms with Gasteiger partial charge < -0.3 is 5.32 Å². The number of hydrogen-bond acceptors (Lipinski definition) is 2. The molecule has 0 unspecified atom stereocenters. The molecule has 0 spiro atoms. The standard InChI is InChI=1S/C18H16BrN3O/c1-11-8-12(2-6-15(11)18(23)21-14-4-5-14)16-9-20-17-7-3-13(19)10-22(16)17/h2-3,6-10,14H,4-5H2,1H3,(H,21,23). The highest BCUT2D eigenvalue weighted by atomic mass is 79.9. The van der Waals surface area contributed by atoms with Gasteiger partial charge in [-0.15, -0.1) is 0 Å². The molecule has 0 bridgehead atoms. The molecule has 4 nitrogen and oxygen atoms in total. The van der Waals surface area contributed by atoms with Crippen LogP contribution in [0.25, 0.3) is 16.9 Å². The zero-order valence-corrected chi connectivity index (χ0v) is 14.3. The highest BCUT2D eigenvalue weighted by molar-refractivity contribution is 9.10. The van der Waals surface area contributed by atoms with Gasteiger partial charge in [-0.05, 0) is 65.5 Å². The number of amides is 1. The van der Waals surface area contributed by atoms with E-state index in [1.807, 2.05) is 54.0 Å². The van der Waals surface area contributed by atoms with Gasteiger partial charge in [-0.1, -0.05) is 6.07 Å². The van der Waals surface area contributed by atoms with Crippen LogP contribution in [0.5, 0.6) is 0 Å². The van der Waals surface area contributed by atoms with Crippen LogP contribution in [0.2, 0.25) is 0 Å². The number of pyridine rings is 1. The predicted octanol–water partition coefficient (Wildman–Crippen LogP) is 3.96. The van der Waals surface area contributed by atoms with Gasteiger partial charge in [0.25, 0.3) is 5.91 Å². The molecule has 1 aromatic carbocycles. The summed E-state index contributed by atoms with van der Waals surface area (Å²) in [5, 5.41) is 3.04. The molecule has 116 valence electrons. The molecule has 1 N–H and O–H groups in total. The summed E-state index contributed by atoms with van der Waals surface area (Å²) >= 11 is 3.50. The summed E-state index contributed by atoms with van der Waals surface area (Å²) in [4.78, 5) is 16.7. The van der Waals surface area contributed by atoms with E-state index in [1.54, 1.807) is 0 Å². The van der Waals surface area contributed by atoms with Crippen molar-refractivity contribution in [1.29, 1.82) is 0 Å². The van der Waals surface area contributed by atoms with E-state index in [9.17, 15) is 4.79 Å². The maximum Gasteiger partial charge on any atom is 0.251 e. The number of benzene rings is 1. The van der Waals surface area contributed by atoms with E-state index in [4.69, 9.17) is 0 Å². The number of rotatable bonds is 3. The fourth-order valence-electron chi connectivity index (χ4n) is 2.74. The SMILES string of the molecule is Cc1cc(-c2cnc3ccc(Br)cn23)ccc1C(=O)NC1CC1. The maximum absolute atomic E-state index is 12.2. The quantitative estimate of drug-likeness (QED) is 0.759. The molecule has 0 radical (unpaired) electrons.